The average Bonchev–Trinajstić information content (AvgIpc) is 2.28. The second kappa shape index (κ2) is 7.33. The Bertz CT molecular complexity index is 304. The van der Waals surface area contributed by atoms with Gasteiger partial charge in [0.1, 0.15) is 5.82 Å². The molecule has 1 rings (SSSR count). The van der Waals surface area contributed by atoms with Crippen molar-refractivity contribution in [2.45, 2.75) is 12.5 Å². The lowest BCUT2D eigenvalue weighted by molar-refractivity contribution is 0.0134. The number of halogens is 1. The summed E-state index contributed by atoms with van der Waals surface area (Å²) in [6.45, 7) is 1.12. The highest BCUT2D eigenvalue weighted by molar-refractivity contribution is 5.17. The zero-order valence-corrected chi connectivity index (χ0v) is 9.36. The summed E-state index contributed by atoms with van der Waals surface area (Å²) in [5.74, 6) is -0.293. The fourth-order valence-electron chi connectivity index (χ4n) is 1.34. The lowest BCUT2D eigenvalue weighted by Gasteiger charge is -2.11. The molecule has 1 N–H and O–H groups in total. The van der Waals surface area contributed by atoms with E-state index in [-0.39, 0.29) is 18.8 Å². The topological polar surface area (TPSA) is 38.7 Å². The number of hydrogen-bond acceptors (Lipinski definition) is 3. The van der Waals surface area contributed by atoms with Gasteiger partial charge in [0.2, 0.25) is 0 Å². The van der Waals surface area contributed by atoms with E-state index < -0.39 is 6.10 Å². The van der Waals surface area contributed by atoms with Crippen LogP contribution in [0.1, 0.15) is 5.56 Å². The quantitative estimate of drug-likeness (QED) is 0.717. The van der Waals surface area contributed by atoms with Crippen molar-refractivity contribution in [3.8, 4) is 0 Å². The van der Waals surface area contributed by atoms with Gasteiger partial charge in [0.05, 0.1) is 25.9 Å². The van der Waals surface area contributed by atoms with Gasteiger partial charge < -0.3 is 14.6 Å². The van der Waals surface area contributed by atoms with Crippen LogP contribution in [0.4, 0.5) is 4.39 Å². The van der Waals surface area contributed by atoms with E-state index in [1.54, 1.807) is 25.3 Å². The van der Waals surface area contributed by atoms with Crippen molar-refractivity contribution in [2.24, 2.45) is 0 Å². The van der Waals surface area contributed by atoms with Crippen molar-refractivity contribution in [3.05, 3.63) is 35.6 Å². The summed E-state index contributed by atoms with van der Waals surface area (Å²) in [4.78, 5) is 0. The molecule has 90 valence electrons. The van der Waals surface area contributed by atoms with Gasteiger partial charge >= 0.3 is 0 Å². The minimum absolute atomic E-state index is 0.192. The third-order valence-electron chi connectivity index (χ3n) is 2.16. The number of aliphatic hydroxyl groups is 1. The Morgan fingerprint density at radius 1 is 1.31 bits per heavy atom. The second-order valence-corrected chi connectivity index (χ2v) is 3.52. The number of methoxy groups -OCH3 is 1. The Morgan fingerprint density at radius 2 is 2.06 bits per heavy atom. The van der Waals surface area contributed by atoms with Crippen LogP contribution in [0.2, 0.25) is 0 Å². The van der Waals surface area contributed by atoms with Crippen LogP contribution in [-0.4, -0.2) is 38.1 Å². The van der Waals surface area contributed by atoms with Gasteiger partial charge in [-0.25, -0.2) is 4.39 Å². The molecular formula is C12H17FO3. The summed E-state index contributed by atoms with van der Waals surface area (Å²) in [7, 11) is 1.58. The van der Waals surface area contributed by atoms with Gasteiger partial charge in [-0.2, -0.15) is 0 Å². The number of benzene rings is 1. The first kappa shape index (κ1) is 13.1. The van der Waals surface area contributed by atoms with Gasteiger partial charge in [0.25, 0.3) is 0 Å². The Hall–Kier alpha value is -0.970. The summed E-state index contributed by atoms with van der Waals surface area (Å²) in [5.41, 5.74) is 0.505. The molecule has 0 saturated heterocycles. The maximum Gasteiger partial charge on any atom is 0.126 e. The molecule has 0 heterocycles. The lowest BCUT2D eigenvalue weighted by Crippen LogP contribution is -2.20. The zero-order chi connectivity index (χ0) is 11.8. The largest absolute Gasteiger partial charge is 0.390 e. The lowest BCUT2D eigenvalue weighted by atomic mass is 10.1. The van der Waals surface area contributed by atoms with Crippen molar-refractivity contribution in [1.82, 2.24) is 0 Å². The molecule has 1 atom stereocenters. The normalized spacial score (nSPS) is 12.7. The molecule has 1 aromatic carbocycles. The molecule has 0 amide bonds. The minimum Gasteiger partial charge on any atom is -0.390 e. The molecule has 0 bridgehead atoms. The third kappa shape index (κ3) is 4.70. The highest BCUT2D eigenvalue weighted by Crippen LogP contribution is 2.09. The Labute approximate surface area is 94.8 Å². The molecule has 0 radical (unpaired) electrons. The van der Waals surface area contributed by atoms with E-state index in [4.69, 9.17) is 9.47 Å². The SMILES string of the molecule is COCCOCC(O)Cc1ccccc1F. The highest BCUT2D eigenvalue weighted by atomic mass is 19.1. The molecule has 16 heavy (non-hydrogen) atoms. The maximum absolute atomic E-state index is 13.2. The van der Waals surface area contributed by atoms with Crippen LogP contribution in [0.25, 0.3) is 0 Å². The van der Waals surface area contributed by atoms with Crippen molar-refractivity contribution in [1.29, 1.82) is 0 Å². The fourth-order valence-corrected chi connectivity index (χ4v) is 1.34. The summed E-state index contributed by atoms with van der Waals surface area (Å²) < 4.78 is 23.2. The van der Waals surface area contributed by atoms with Gasteiger partial charge in [-0.1, -0.05) is 18.2 Å². The molecule has 0 aromatic heterocycles. The van der Waals surface area contributed by atoms with Crippen LogP contribution >= 0.6 is 0 Å². The maximum atomic E-state index is 13.2. The van der Waals surface area contributed by atoms with E-state index in [0.717, 1.165) is 0 Å². The summed E-state index contributed by atoms with van der Waals surface area (Å²) >= 11 is 0. The van der Waals surface area contributed by atoms with Crippen molar-refractivity contribution in [3.63, 3.8) is 0 Å². The van der Waals surface area contributed by atoms with Gasteiger partial charge in [0, 0.05) is 13.5 Å². The smallest absolute Gasteiger partial charge is 0.126 e. The first-order valence-electron chi connectivity index (χ1n) is 5.22. The van der Waals surface area contributed by atoms with Crippen molar-refractivity contribution >= 4 is 0 Å². The molecular weight excluding hydrogens is 211 g/mol. The van der Waals surface area contributed by atoms with E-state index >= 15 is 0 Å². The van der Waals surface area contributed by atoms with E-state index in [1.165, 1.54) is 6.07 Å². The molecule has 1 aromatic rings. The predicted octanol–water partition coefficient (Wildman–Crippen LogP) is 1.39. The summed E-state index contributed by atoms with van der Waals surface area (Å²) in [5, 5.41) is 9.59. The van der Waals surface area contributed by atoms with Gasteiger partial charge in [-0.15, -0.1) is 0 Å². The Morgan fingerprint density at radius 3 is 2.75 bits per heavy atom. The molecule has 4 heteroatoms. The van der Waals surface area contributed by atoms with Gasteiger partial charge in [-0.3, -0.25) is 0 Å². The number of hydrogen-bond donors (Lipinski definition) is 1. The van der Waals surface area contributed by atoms with Crippen LogP contribution in [-0.2, 0) is 15.9 Å². The molecule has 0 aliphatic rings. The molecule has 0 spiro atoms. The van der Waals surface area contributed by atoms with Crippen molar-refractivity contribution < 1.29 is 19.0 Å². The van der Waals surface area contributed by atoms with E-state index in [1.807, 2.05) is 0 Å². The Kier molecular flexibility index (Phi) is 6.00. The highest BCUT2D eigenvalue weighted by Gasteiger charge is 2.08. The molecule has 3 nitrogen and oxygen atoms in total. The molecule has 0 saturated carbocycles. The standard InChI is InChI=1S/C12H17FO3/c1-15-6-7-16-9-11(14)8-10-4-2-3-5-12(10)13/h2-5,11,14H,6-9H2,1H3. The van der Waals surface area contributed by atoms with Gasteiger partial charge in [-0.05, 0) is 11.6 Å². The summed E-state index contributed by atoms with van der Waals surface area (Å²) in [6.07, 6.45) is -0.423. The number of ether oxygens (including phenoxy) is 2. The molecule has 0 aliphatic carbocycles. The molecule has 1 unspecified atom stereocenters. The monoisotopic (exact) mass is 228 g/mol. The van der Waals surface area contributed by atoms with Crippen molar-refractivity contribution in [2.75, 3.05) is 26.9 Å². The van der Waals surface area contributed by atoms with Crippen LogP contribution in [0.5, 0.6) is 0 Å². The predicted molar refractivity (Wildman–Crippen MR) is 58.8 cm³/mol. The molecule has 0 fully saturated rings. The van der Waals surface area contributed by atoms with E-state index in [0.29, 0.717) is 18.8 Å². The third-order valence-corrected chi connectivity index (χ3v) is 2.16. The van der Waals surface area contributed by atoms with Crippen LogP contribution < -0.4 is 0 Å². The fraction of sp³-hybridized carbons (Fsp3) is 0.500. The first-order chi connectivity index (χ1) is 7.74. The molecule has 0 aliphatic heterocycles. The van der Waals surface area contributed by atoms with Crippen LogP contribution in [0.15, 0.2) is 24.3 Å². The van der Waals surface area contributed by atoms with E-state index in [2.05, 4.69) is 0 Å². The average molecular weight is 228 g/mol. The van der Waals surface area contributed by atoms with E-state index in [9.17, 15) is 9.50 Å². The second-order valence-electron chi connectivity index (χ2n) is 3.52. The van der Waals surface area contributed by atoms with Gasteiger partial charge in [0.15, 0.2) is 0 Å². The number of aliphatic hydroxyl groups excluding tert-OH is 1. The Balaban J connectivity index is 2.28. The first-order valence-corrected chi connectivity index (χ1v) is 5.22. The minimum atomic E-state index is -0.686. The van der Waals surface area contributed by atoms with Crippen LogP contribution in [0, 0.1) is 5.82 Å². The summed E-state index contributed by atoms with van der Waals surface area (Å²) in [6, 6.07) is 6.42. The van der Waals surface area contributed by atoms with Crippen LogP contribution in [0.3, 0.4) is 0 Å². The zero-order valence-electron chi connectivity index (χ0n) is 9.36. The number of rotatable bonds is 7.